The second-order valence-electron chi connectivity index (χ2n) is 6.32. The van der Waals surface area contributed by atoms with E-state index in [1.807, 2.05) is 50.2 Å². The van der Waals surface area contributed by atoms with Gasteiger partial charge in [0, 0.05) is 11.8 Å². The van der Waals surface area contributed by atoms with E-state index in [1.165, 1.54) is 11.6 Å². The fraction of sp³-hybridized carbons (Fsp3) is 0.0952. The molecule has 0 atom stereocenters. The first kappa shape index (κ1) is 16.8. The van der Waals surface area contributed by atoms with E-state index in [4.69, 9.17) is 4.42 Å². The van der Waals surface area contributed by atoms with Gasteiger partial charge in [-0.15, -0.1) is 10.2 Å². The molecule has 27 heavy (non-hydrogen) atoms. The highest BCUT2D eigenvalue weighted by atomic mass is 16.3. The van der Waals surface area contributed by atoms with Crippen molar-refractivity contribution >= 4 is 28.7 Å². The fourth-order valence-electron chi connectivity index (χ4n) is 2.71. The monoisotopic (exact) mass is 358 g/mol. The molecule has 0 unspecified atom stereocenters. The van der Waals surface area contributed by atoms with Gasteiger partial charge in [-0.3, -0.25) is 4.79 Å². The Bertz CT molecular complexity index is 1120. The third-order valence-corrected chi connectivity index (χ3v) is 4.19. The van der Waals surface area contributed by atoms with Crippen molar-refractivity contribution in [2.24, 2.45) is 0 Å². The summed E-state index contributed by atoms with van der Waals surface area (Å²) in [6.07, 6.45) is 4.62. The number of hydrogen-bond donors (Lipinski definition) is 1. The third kappa shape index (κ3) is 3.64. The minimum Gasteiger partial charge on any atom is -0.465 e. The highest BCUT2D eigenvalue weighted by Crippen LogP contribution is 2.22. The highest BCUT2D eigenvalue weighted by Gasteiger charge is 2.10. The van der Waals surface area contributed by atoms with E-state index in [0.717, 1.165) is 16.8 Å². The molecular formula is C21H18N4O2. The topological polar surface area (TPSA) is 73.0 Å². The van der Waals surface area contributed by atoms with Gasteiger partial charge in [0.05, 0.1) is 12.0 Å². The molecule has 2 heterocycles. The van der Waals surface area contributed by atoms with Crippen LogP contribution in [0.1, 0.15) is 16.9 Å². The first-order chi connectivity index (χ1) is 13.1. The molecule has 6 heteroatoms. The number of furan rings is 1. The van der Waals surface area contributed by atoms with Crippen molar-refractivity contribution in [2.75, 3.05) is 5.32 Å². The van der Waals surface area contributed by atoms with Crippen LogP contribution in [-0.4, -0.2) is 20.9 Å². The van der Waals surface area contributed by atoms with E-state index in [2.05, 4.69) is 15.5 Å². The number of amides is 1. The molecule has 4 rings (SSSR count). The zero-order valence-corrected chi connectivity index (χ0v) is 15.0. The summed E-state index contributed by atoms with van der Waals surface area (Å²) in [5, 5.41) is 11.9. The van der Waals surface area contributed by atoms with Crippen molar-refractivity contribution in [1.29, 1.82) is 0 Å². The number of aromatic nitrogens is 3. The SMILES string of the molecule is Cc1ccc(-n2nc3cc(C)c(NC(=O)C=Cc4ccco4)cc3n2)cc1. The summed E-state index contributed by atoms with van der Waals surface area (Å²) in [4.78, 5) is 13.8. The van der Waals surface area contributed by atoms with Crippen LogP contribution in [0.3, 0.4) is 0 Å². The number of rotatable bonds is 4. The van der Waals surface area contributed by atoms with Crippen molar-refractivity contribution < 1.29 is 9.21 Å². The molecule has 1 N–H and O–H groups in total. The molecule has 4 aromatic rings. The maximum absolute atomic E-state index is 12.2. The largest absolute Gasteiger partial charge is 0.465 e. The van der Waals surface area contributed by atoms with Gasteiger partial charge in [0.25, 0.3) is 0 Å². The van der Waals surface area contributed by atoms with Crippen molar-refractivity contribution in [3.63, 3.8) is 0 Å². The van der Waals surface area contributed by atoms with Gasteiger partial charge in [-0.25, -0.2) is 0 Å². The predicted octanol–water partition coefficient (Wildman–Crippen LogP) is 4.28. The van der Waals surface area contributed by atoms with Crippen LogP contribution in [0.2, 0.25) is 0 Å². The molecule has 0 saturated carbocycles. The van der Waals surface area contributed by atoms with Crippen LogP contribution in [-0.2, 0) is 4.79 Å². The molecule has 2 aromatic heterocycles. The molecule has 0 aliphatic heterocycles. The van der Waals surface area contributed by atoms with Gasteiger partial charge in [-0.2, -0.15) is 4.80 Å². The average molecular weight is 358 g/mol. The van der Waals surface area contributed by atoms with E-state index in [0.29, 0.717) is 17.0 Å². The first-order valence-corrected chi connectivity index (χ1v) is 8.56. The lowest BCUT2D eigenvalue weighted by molar-refractivity contribution is -0.111. The number of anilines is 1. The summed E-state index contributed by atoms with van der Waals surface area (Å²) in [6, 6.07) is 15.3. The van der Waals surface area contributed by atoms with Crippen LogP contribution in [0.4, 0.5) is 5.69 Å². The van der Waals surface area contributed by atoms with Crippen LogP contribution in [0.5, 0.6) is 0 Å². The Morgan fingerprint density at radius 3 is 2.52 bits per heavy atom. The average Bonchev–Trinajstić information content (AvgIpc) is 3.30. The number of nitrogens with zero attached hydrogens (tertiary/aromatic N) is 3. The lowest BCUT2D eigenvalue weighted by Gasteiger charge is -2.05. The summed E-state index contributed by atoms with van der Waals surface area (Å²) in [7, 11) is 0. The first-order valence-electron chi connectivity index (χ1n) is 8.56. The summed E-state index contributed by atoms with van der Waals surface area (Å²) >= 11 is 0. The van der Waals surface area contributed by atoms with Crippen LogP contribution in [0.15, 0.2) is 65.3 Å². The molecule has 134 valence electrons. The zero-order valence-electron chi connectivity index (χ0n) is 15.0. The van der Waals surface area contributed by atoms with Gasteiger partial charge >= 0.3 is 0 Å². The molecule has 0 aliphatic rings. The number of benzene rings is 2. The van der Waals surface area contributed by atoms with E-state index in [9.17, 15) is 4.79 Å². The van der Waals surface area contributed by atoms with E-state index < -0.39 is 0 Å². The maximum atomic E-state index is 12.2. The molecule has 2 aromatic carbocycles. The summed E-state index contributed by atoms with van der Waals surface area (Å²) in [5.74, 6) is 0.387. The number of aryl methyl sites for hydroxylation is 2. The molecule has 0 fully saturated rings. The van der Waals surface area contributed by atoms with Crippen molar-refractivity contribution in [3.8, 4) is 5.69 Å². The predicted molar refractivity (Wildman–Crippen MR) is 105 cm³/mol. The van der Waals surface area contributed by atoms with Gasteiger partial charge in [-0.05, 0) is 61.9 Å². The number of hydrogen-bond acceptors (Lipinski definition) is 4. The second-order valence-corrected chi connectivity index (χ2v) is 6.32. The summed E-state index contributed by atoms with van der Waals surface area (Å²) in [5.41, 5.74) is 5.18. The van der Waals surface area contributed by atoms with Crippen molar-refractivity contribution in [3.05, 3.63) is 77.8 Å². The highest BCUT2D eigenvalue weighted by molar-refractivity contribution is 6.03. The molecule has 0 radical (unpaired) electrons. The number of carbonyl (C=O) groups excluding carboxylic acids is 1. The molecule has 0 aliphatic carbocycles. The Morgan fingerprint density at radius 1 is 1.07 bits per heavy atom. The molecule has 6 nitrogen and oxygen atoms in total. The summed E-state index contributed by atoms with van der Waals surface area (Å²) in [6.45, 7) is 3.96. The number of nitrogens with one attached hydrogen (secondary N) is 1. The normalized spacial score (nSPS) is 11.3. The van der Waals surface area contributed by atoms with Gasteiger partial charge in [0.1, 0.15) is 16.8 Å². The van der Waals surface area contributed by atoms with Crippen LogP contribution < -0.4 is 5.32 Å². The minimum absolute atomic E-state index is 0.236. The van der Waals surface area contributed by atoms with Crippen LogP contribution >= 0.6 is 0 Å². The molecule has 1 amide bonds. The molecule has 0 bridgehead atoms. The van der Waals surface area contributed by atoms with Gasteiger partial charge in [-0.1, -0.05) is 17.7 Å². The number of carbonyl (C=O) groups is 1. The Hall–Kier alpha value is -3.67. The zero-order chi connectivity index (χ0) is 18.8. The maximum Gasteiger partial charge on any atom is 0.248 e. The summed E-state index contributed by atoms with van der Waals surface area (Å²) < 4.78 is 5.18. The smallest absolute Gasteiger partial charge is 0.248 e. The van der Waals surface area contributed by atoms with E-state index >= 15 is 0 Å². The van der Waals surface area contributed by atoms with E-state index in [1.54, 1.807) is 29.3 Å². The second kappa shape index (κ2) is 6.92. The number of fused-ring (bicyclic) bond motifs is 1. The standard InChI is InChI=1S/C21H18N4O2/c1-14-5-7-16(8-6-14)25-23-19-12-15(2)18(13-20(19)24-25)22-21(26)10-9-17-4-3-11-27-17/h3-13H,1-2H3,(H,22,26). The lowest BCUT2D eigenvalue weighted by Crippen LogP contribution is -2.08. The molecule has 0 saturated heterocycles. The Kier molecular flexibility index (Phi) is 4.30. The minimum atomic E-state index is -0.236. The molecule has 0 spiro atoms. The Balaban J connectivity index is 1.59. The quantitative estimate of drug-likeness (QED) is 0.553. The molecular weight excluding hydrogens is 340 g/mol. The Labute approximate surface area is 156 Å². The Morgan fingerprint density at radius 2 is 1.81 bits per heavy atom. The van der Waals surface area contributed by atoms with Crippen LogP contribution in [0, 0.1) is 13.8 Å². The fourth-order valence-corrected chi connectivity index (χ4v) is 2.71. The lowest BCUT2D eigenvalue weighted by atomic mass is 10.1. The van der Waals surface area contributed by atoms with Crippen molar-refractivity contribution in [2.45, 2.75) is 13.8 Å². The van der Waals surface area contributed by atoms with Crippen LogP contribution in [0.25, 0.3) is 22.8 Å². The van der Waals surface area contributed by atoms with Crippen molar-refractivity contribution in [1.82, 2.24) is 15.0 Å². The van der Waals surface area contributed by atoms with Gasteiger partial charge in [0.15, 0.2) is 0 Å². The van der Waals surface area contributed by atoms with Gasteiger partial charge < -0.3 is 9.73 Å². The van der Waals surface area contributed by atoms with Gasteiger partial charge in [0.2, 0.25) is 5.91 Å². The third-order valence-electron chi connectivity index (χ3n) is 4.19. The van der Waals surface area contributed by atoms with E-state index in [-0.39, 0.29) is 5.91 Å².